The predicted molar refractivity (Wildman–Crippen MR) is 129 cm³/mol. The van der Waals surface area contributed by atoms with Crippen LogP contribution in [0, 0.1) is 0 Å². The molecular weight excluding hydrogens is 478 g/mol. The normalized spacial score (nSPS) is 19.4. The van der Waals surface area contributed by atoms with Crippen molar-refractivity contribution in [2.24, 2.45) is 0 Å². The van der Waals surface area contributed by atoms with Crippen molar-refractivity contribution in [3.63, 3.8) is 0 Å². The molecule has 3 aromatic rings. The van der Waals surface area contributed by atoms with E-state index < -0.39 is 20.0 Å². The van der Waals surface area contributed by atoms with Crippen LogP contribution >= 0.6 is 11.3 Å². The number of para-hydroxylation sites is 1. The monoisotopic (exact) mass is 505 g/mol. The van der Waals surface area contributed by atoms with Gasteiger partial charge in [0, 0.05) is 25.0 Å². The molecule has 33 heavy (non-hydrogen) atoms. The maximum Gasteiger partial charge on any atom is 0.243 e. The van der Waals surface area contributed by atoms with E-state index in [0.29, 0.717) is 13.1 Å². The Bertz CT molecular complexity index is 1300. The quantitative estimate of drug-likeness (QED) is 0.544. The lowest BCUT2D eigenvalue weighted by molar-refractivity contribution is 0.319. The van der Waals surface area contributed by atoms with Gasteiger partial charge < -0.3 is 0 Å². The molecule has 1 aliphatic carbocycles. The molecule has 1 aromatic heterocycles. The third kappa shape index (κ3) is 4.72. The van der Waals surface area contributed by atoms with Crippen molar-refractivity contribution in [3.05, 3.63) is 53.5 Å². The van der Waals surface area contributed by atoms with Gasteiger partial charge in [-0.3, -0.25) is 0 Å². The van der Waals surface area contributed by atoms with Crippen LogP contribution in [0.4, 0.5) is 0 Å². The number of nitrogens with one attached hydrogen (secondary N) is 1. The van der Waals surface area contributed by atoms with Gasteiger partial charge in [0.15, 0.2) is 0 Å². The number of thiazole rings is 1. The molecular formula is C23H27N3O4S3. The van der Waals surface area contributed by atoms with Crippen molar-refractivity contribution in [1.29, 1.82) is 0 Å². The summed E-state index contributed by atoms with van der Waals surface area (Å²) >= 11 is 1.68. The fraction of sp³-hybridized carbons (Fsp3) is 0.435. The summed E-state index contributed by atoms with van der Waals surface area (Å²) in [4.78, 5) is 4.96. The zero-order chi connectivity index (χ0) is 23.1. The van der Waals surface area contributed by atoms with Gasteiger partial charge in [-0.1, -0.05) is 25.0 Å². The van der Waals surface area contributed by atoms with Crippen LogP contribution in [0.3, 0.4) is 0 Å². The molecule has 1 aliphatic heterocycles. The highest BCUT2D eigenvalue weighted by Crippen LogP contribution is 2.35. The van der Waals surface area contributed by atoms with Crippen LogP contribution in [-0.2, 0) is 20.0 Å². The summed E-state index contributed by atoms with van der Waals surface area (Å²) in [6.07, 6.45) is 5.19. The molecule has 0 bridgehead atoms. The molecule has 10 heteroatoms. The maximum atomic E-state index is 13.2. The van der Waals surface area contributed by atoms with Crippen LogP contribution in [0.2, 0.25) is 0 Å². The number of piperidine rings is 1. The van der Waals surface area contributed by atoms with Crippen LogP contribution in [0.25, 0.3) is 10.2 Å². The Labute approximate surface area is 198 Å². The highest BCUT2D eigenvalue weighted by Gasteiger charge is 2.31. The molecule has 0 unspecified atom stereocenters. The first-order valence-electron chi connectivity index (χ1n) is 11.3. The Morgan fingerprint density at radius 3 is 2.15 bits per heavy atom. The minimum Gasteiger partial charge on any atom is -0.241 e. The van der Waals surface area contributed by atoms with E-state index >= 15 is 0 Å². The highest BCUT2D eigenvalue weighted by atomic mass is 32.2. The van der Waals surface area contributed by atoms with E-state index in [9.17, 15) is 16.8 Å². The van der Waals surface area contributed by atoms with Gasteiger partial charge in [0.25, 0.3) is 0 Å². The first-order chi connectivity index (χ1) is 15.8. The van der Waals surface area contributed by atoms with Crippen LogP contribution in [0.5, 0.6) is 0 Å². The second-order valence-corrected chi connectivity index (χ2v) is 13.5. The number of sulfonamides is 2. The summed E-state index contributed by atoms with van der Waals surface area (Å²) in [5.74, 6) is 0.253. The largest absolute Gasteiger partial charge is 0.243 e. The molecule has 0 amide bonds. The van der Waals surface area contributed by atoms with Gasteiger partial charge >= 0.3 is 0 Å². The molecule has 2 aliphatic rings. The zero-order valence-corrected chi connectivity index (χ0v) is 20.6. The van der Waals surface area contributed by atoms with Gasteiger partial charge in [0.2, 0.25) is 20.0 Å². The van der Waals surface area contributed by atoms with Gasteiger partial charge in [0.05, 0.1) is 25.0 Å². The van der Waals surface area contributed by atoms with Crippen molar-refractivity contribution in [3.8, 4) is 0 Å². The van der Waals surface area contributed by atoms with E-state index in [-0.39, 0.29) is 21.8 Å². The smallest absolute Gasteiger partial charge is 0.241 e. The van der Waals surface area contributed by atoms with E-state index in [1.165, 1.54) is 28.6 Å². The lowest BCUT2D eigenvalue weighted by atomic mass is 9.99. The van der Waals surface area contributed by atoms with Crippen molar-refractivity contribution in [2.75, 3.05) is 13.1 Å². The lowest BCUT2D eigenvalue weighted by Crippen LogP contribution is -2.38. The molecule has 2 aromatic carbocycles. The lowest BCUT2D eigenvalue weighted by Gasteiger charge is -2.30. The SMILES string of the molecule is O=S(=O)(NC1CCCC1)c1ccc(S(=O)(=O)N2CCC(c3nc4ccccc4s3)CC2)cc1. The molecule has 0 atom stereocenters. The fourth-order valence-corrected chi connectivity index (χ4v) is 8.59. The second kappa shape index (κ2) is 9.07. The summed E-state index contributed by atoms with van der Waals surface area (Å²) in [5.41, 5.74) is 0.991. The maximum absolute atomic E-state index is 13.2. The number of aromatic nitrogens is 1. The number of fused-ring (bicyclic) bond motifs is 1. The molecule has 2 heterocycles. The molecule has 176 valence electrons. The van der Waals surface area contributed by atoms with Crippen LogP contribution in [-0.4, -0.2) is 45.3 Å². The Kier molecular flexibility index (Phi) is 6.30. The topological polar surface area (TPSA) is 96.4 Å². The van der Waals surface area contributed by atoms with Gasteiger partial charge in [-0.05, 0) is 62.1 Å². The third-order valence-electron chi connectivity index (χ3n) is 6.56. The standard InChI is InChI=1S/C23H27N3O4S3/c27-32(28,25-18-5-1-2-6-18)19-9-11-20(12-10-19)33(29,30)26-15-13-17(14-16-26)23-24-21-7-3-4-8-22(21)31-23/h3-4,7-12,17-18,25H,1-2,5-6,13-16H2. The Hall–Kier alpha value is -1.85. The molecule has 1 N–H and O–H groups in total. The van der Waals surface area contributed by atoms with E-state index in [1.807, 2.05) is 18.2 Å². The molecule has 1 saturated carbocycles. The van der Waals surface area contributed by atoms with E-state index in [4.69, 9.17) is 4.98 Å². The number of hydrogen-bond donors (Lipinski definition) is 1. The van der Waals surface area contributed by atoms with Crippen LogP contribution < -0.4 is 4.72 Å². The van der Waals surface area contributed by atoms with Gasteiger partial charge in [-0.2, -0.15) is 4.31 Å². The minimum absolute atomic E-state index is 0.0323. The van der Waals surface area contributed by atoms with Crippen molar-refractivity contribution in [2.45, 2.75) is 60.3 Å². The van der Waals surface area contributed by atoms with Crippen molar-refractivity contribution < 1.29 is 16.8 Å². The predicted octanol–water partition coefficient (Wildman–Crippen LogP) is 4.09. The Balaban J connectivity index is 1.26. The summed E-state index contributed by atoms with van der Waals surface area (Å²) in [6, 6.07) is 13.6. The van der Waals surface area contributed by atoms with Gasteiger partial charge in [0.1, 0.15) is 0 Å². The molecule has 2 fully saturated rings. The van der Waals surface area contributed by atoms with Crippen LogP contribution in [0.1, 0.15) is 49.5 Å². The molecule has 7 nitrogen and oxygen atoms in total. The molecule has 5 rings (SSSR count). The number of nitrogens with zero attached hydrogens (tertiary/aromatic N) is 2. The summed E-state index contributed by atoms with van der Waals surface area (Å²) < 4.78 is 56.9. The number of rotatable bonds is 6. The fourth-order valence-electron chi connectivity index (χ4n) is 4.68. The highest BCUT2D eigenvalue weighted by molar-refractivity contribution is 7.89. The van der Waals surface area contributed by atoms with Gasteiger partial charge in [-0.15, -0.1) is 11.3 Å². The molecule has 0 radical (unpaired) electrons. The number of hydrogen-bond acceptors (Lipinski definition) is 6. The van der Waals surface area contributed by atoms with E-state index in [0.717, 1.165) is 53.7 Å². The minimum atomic E-state index is -3.68. The first-order valence-corrected chi connectivity index (χ1v) is 15.0. The zero-order valence-electron chi connectivity index (χ0n) is 18.2. The van der Waals surface area contributed by atoms with Crippen LogP contribution in [0.15, 0.2) is 58.3 Å². The Morgan fingerprint density at radius 2 is 1.48 bits per heavy atom. The second-order valence-electron chi connectivity index (χ2n) is 8.77. The summed E-state index contributed by atoms with van der Waals surface area (Å²) in [6.45, 7) is 0.846. The van der Waals surface area contributed by atoms with Crippen molar-refractivity contribution in [1.82, 2.24) is 14.0 Å². The van der Waals surface area contributed by atoms with E-state index in [2.05, 4.69) is 10.8 Å². The molecule has 1 saturated heterocycles. The molecule has 0 spiro atoms. The number of benzene rings is 2. The third-order valence-corrected chi connectivity index (χ3v) is 11.2. The van der Waals surface area contributed by atoms with E-state index in [1.54, 1.807) is 11.3 Å². The average Bonchev–Trinajstić information content (AvgIpc) is 3.48. The van der Waals surface area contributed by atoms with Crippen molar-refractivity contribution >= 4 is 41.6 Å². The van der Waals surface area contributed by atoms with Gasteiger partial charge in [-0.25, -0.2) is 26.5 Å². The average molecular weight is 506 g/mol. The Morgan fingerprint density at radius 1 is 0.848 bits per heavy atom. The summed E-state index contributed by atoms with van der Waals surface area (Å²) in [5, 5.41) is 1.07. The first kappa shape index (κ1) is 22.9. The summed E-state index contributed by atoms with van der Waals surface area (Å²) in [7, 11) is -7.32.